The quantitative estimate of drug-likeness (QED) is 0.264. The number of hydrogen-bond acceptors (Lipinski definition) is 7. The van der Waals surface area contributed by atoms with Crippen LogP contribution >= 0.6 is 11.9 Å². The first-order valence-electron chi connectivity index (χ1n) is 11.8. The second-order valence-corrected chi connectivity index (χ2v) is 11.5. The molecule has 1 saturated heterocycles. The van der Waals surface area contributed by atoms with Crippen LogP contribution in [0.1, 0.15) is 77.4 Å². The summed E-state index contributed by atoms with van der Waals surface area (Å²) in [6.07, 6.45) is 2.87. The monoisotopic (exact) mass is 501 g/mol. The third kappa shape index (κ3) is 7.34. The van der Waals surface area contributed by atoms with Gasteiger partial charge in [-0.2, -0.15) is 0 Å². The number of pyridine rings is 1. The Kier molecular flexibility index (Phi) is 9.17. The molecule has 1 aliphatic heterocycles. The van der Waals surface area contributed by atoms with E-state index in [2.05, 4.69) is 74.6 Å². The molecule has 2 atom stereocenters. The van der Waals surface area contributed by atoms with E-state index >= 15 is 0 Å². The molecular formula is C26H39N5O3S. The summed E-state index contributed by atoms with van der Waals surface area (Å²) in [5.74, 6) is 0.0771. The smallest absolute Gasteiger partial charge is 0.326 e. The van der Waals surface area contributed by atoms with Gasteiger partial charge in [-0.05, 0) is 50.8 Å². The number of aliphatic imine (C=N–C) groups is 1. The first kappa shape index (κ1) is 28.4. The average Bonchev–Trinajstić information content (AvgIpc) is 3.04. The van der Waals surface area contributed by atoms with Crippen molar-refractivity contribution in [1.29, 1.82) is 0 Å². The fraction of sp³-hybridized carbons (Fsp3) is 0.538. The van der Waals surface area contributed by atoms with E-state index in [9.17, 15) is 14.7 Å². The van der Waals surface area contributed by atoms with Gasteiger partial charge in [0.25, 0.3) is 5.91 Å². The summed E-state index contributed by atoms with van der Waals surface area (Å²) in [7, 11) is 0. The summed E-state index contributed by atoms with van der Waals surface area (Å²) in [5, 5.41) is 12.3. The Hall–Kier alpha value is -2.81. The lowest BCUT2D eigenvalue weighted by atomic mass is 9.91. The highest BCUT2D eigenvalue weighted by Crippen LogP contribution is 2.38. The highest BCUT2D eigenvalue weighted by Gasteiger charge is 2.39. The number of amides is 1. The second kappa shape index (κ2) is 11.3. The standard InChI is InChI=1S/C26H39N5O3S/c1-10-19(24(33)34)27-17(4)28-21(11-2)35-30-23(32)18-12-13-20(25(5,6)7)29-22(18)31-15-16(3)14-26(31,8)9/h11-13,16,19,27H,2,4,10,14-15H2,1,3,5-9H3,(H,30,32)(H,33,34)/b28-21+. The summed E-state index contributed by atoms with van der Waals surface area (Å²) in [5.41, 5.74) is 1.13. The summed E-state index contributed by atoms with van der Waals surface area (Å²) in [6.45, 7) is 23.0. The molecule has 1 amide bonds. The molecule has 0 radical (unpaired) electrons. The van der Waals surface area contributed by atoms with E-state index in [4.69, 9.17) is 4.98 Å². The molecule has 0 aromatic carbocycles. The number of carbonyl (C=O) groups is 2. The molecular weight excluding hydrogens is 462 g/mol. The minimum atomic E-state index is -0.983. The molecule has 1 aromatic heterocycles. The minimum Gasteiger partial charge on any atom is -0.480 e. The average molecular weight is 502 g/mol. The van der Waals surface area contributed by atoms with Crippen molar-refractivity contribution in [1.82, 2.24) is 15.0 Å². The summed E-state index contributed by atoms with van der Waals surface area (Å²) in [4.78, 5) is 36.0. The molecule has 35 heavy (non-hydrogen) atoms. The molecule has 192 valence electrons. The summed E-state index contributed by atoms with van der Waals surface area (Å²) >= 11 is 0.995. The first-order valence-corrected chi connectivity index (χ1v) is 12.7. The van der Waals surface area contributed by atoms with Crippen molar-refractivity contribution in [2.24, 2.45) is 10.9 Å². The Balaban J connectivity index is 2.28. The van der Waals surface area contributed by atoms with E-state index in [1.807, 2.05) is 12.1 Å². The van der Waals surface area contributed by atoms with E-state index < -0.39 is 12.0 Å². The third-order valence-electron chi connectivity index (χ3n) is 5.93. The molecule has 2 rings (SSSR count). The fourth-order valence-electron chi connectivity index (χ4n) is 4.18. The fourth-order valence-corrected chi connectivity index (χ4v) is 4.72. The van der Waals surface area contributed by atoms with Crippen LogP contribution in [0.25, 0.3) is 0 Å². The predicted octanol–water partition coefficient (Wildman–Crippen LogP) is 4.89. The number of nitrogens with zero attached hydrogens (tertiary/aromatic N) is 3. The van der Waals surface area contributed by atoms with Crippen molar-refractivity contribution >= 4 is 34.7 Å². The number of carbonyl (C=O) groups excluding carboxylic acids is 1. The molecule has 0 aliphatic carbocycles. The van der Waals surface area contributed by atoms with E-state index in [0.29, 0.717) is 28.8 Å². The number of aliphatic carboxylic acids is 1. The van der Waals surface area contributed by atoms with Gasteiger partial charge in [-0.25, -0.2) is 14.8 Å². The van der Waals surface area contributed by atoms with Crippen molar-refractivity contribution in [3.8, 4) is 0 Å². The highest BCUT2D eigenvalue weighted by molar-refractivity contribution is 8.13. The zero-order chi connectivity index (χ0) is 26.6. The van der Waals surface area contributed by atoms with Crippen molar-refractivity contribution in [2.75, 3.05) is 11.4 Å². The van der Waals surface area contributed by atoms with Gasteiger partial charge >= 0.3 is 5.97 Å². The van der Waals surface area contributed by atoms with Crippen molar-refractivity contribution < 1.29 is 14.7 Å². The van der Waals surface area contributed by atoms with Gasteiger partial charge in [0.2, 0.25) is 0 Å². The molecule has 9 heteroatoms. The van der Waals surface area contributed by atoms with Gasteiger partial charge in [-0.15, -0.1) is 0 Å². The van der Waals surface area contributed by atoms with Crippen LogP contribution in [0.15, 0.2) is 42.2 Å². The Bertz CT molecular complexity index is 1010. The third-order valence-corrected chi connectivity index (χ3v) is 6.69. The van der Waals surface area contributed by atoms with E-state index in [1.165, 1.54) is 6.08 Å². The van der Waals surface area contributed by atoms with Crippen LogP contribution in [0.3, 0.4) is 0 Å². The van der Waals surface area contributed by atoms with Crippen molar-refractivity contribution in [3.05, 3.63) is 48.4 Å². The molecule has 8 nitrogen and oxygen atoms in total. The van der Waals surface area contributed by atoms with Crippen LogP contribution in [0, 0.1) is 5.92 Å². The molecule has 1 aliphatic rings. The predicted molar refractivity (Wildman–Crippen MR) is 145 cm³/mol. The van der Waals surface area contributed by atoms with Gasteiger partial charge in [0.05, 0.1) is 5.56 Å². The first-order chi connectivity index (χ1) is 16.2. The number of aromatic nitrogens is 1. The SMILES string of the molecule is C=C/C(=N\C(=C)NC(CC)C(=O)O)SNC(=O)c1ccc(C(C)(C)C)nc1N1CC(C)CC1(C)C. The van der Waals surface area contributed by atoms with E-state index in [0.717, 1.165) is 30.6 Å². The van der Waals surface area contributed by atoms with Crippen molar-refractivity contribution in [3.63, 3.8) is 0 Å². The van der Waals surface area contributed by atoms with Gasteiger partial charge in [-0.1, -0.05) is 47.8 Å². The van der Waals surface area contributed by atoms with Gasteiger partial charge in [0.1, 0.15) is 22.7 Å². The van der Waals surface area contributed by atoms with Crippen molar-refractivity contribution in [2.45, 2.75) is 78.3 Å². The molecule has 2 heterocycles. The van der Waals surface area contributed by atoms with Crippen LogP contribution in [0.2, 0.25) is 0 Å². The van der Waals surface area contributed by atoms with E-state index in [1.54, 1.807) is 6.92 Å². The summed E-state index contributed by atoms with van der Waals surface area (Å²) < 4.78 is 2.83. The van der Waals surface area contributed by atoms with Crippen LogP contribution in [-0.2, 0) is 10.2 Å². The Morgan fingerprint density at radius 3 is 2.54 bits per heavy atom. The van der Waals surface area contributed by atoms with Crippen LogP contribution in [-0.4, -0.2) is 45.1 Å². The molecule has 0 bridgehead atoms. The second-order valence-electron chi connectivity index (χ2n) is 10.6. The Labute approximate surface area is 213 Å². The normalized spacial score (nSPS) is 18.7. The zero-order valence-corrected chi connectivity index (χ0v) is 22.8. The largest absolute Gasteiger partial charge is 0.480 e. The molecule has 3 N–H and O–H groups in total. The molecule has 2 unspecified atom stereocenters. The number of rotatable bonds is 8. The lowest BCUT2D eigenvalue weighted by Crippen LogP contribution is -2.40. The number of hydrogen-bond donors (Lipinski definition) is 3. The zero-order valence-electron chi connectivity index (χ0n) is 21.9. The van der Waals surface area contributed by atoms with Gasteiger partial charge in [-0.3, -0.25) is 9.52 Å². The van der Waals surface area contributed by atoms with E-state index in [-0.39, 0.29) is 22.7 Å². The molecule has 1 fully saturated rings. The minimum absolute atomic E-state index is 0.123. The highest BCUT2D eigenvalue weighted by atomic mass is 32.2. The Morgan fingerprint density at radius 2 is 2.06 bits per heavy atom. The lowest BCUT2D eigenvalue weighted by molar-refractivity contribution is -0.139. The number of anilines is 1. The molecule has 1 aromatic rings. The molecule has 0 saturated carbocycles. The number of nitrogens with one attached hydrogen (secondary N) is 2. The maximum atomic E-state index is 13.3. The van der Waals surface area contributed by atoms with Gasteiger partial charge < -0.3 is 15.3 Å². The van der Waals surface area contributed by atoms with Gasteiger partial charge in [0.15, 0.2) is 0 Å². The summed E-state index contributed by atoms with van der Waals surface area (Å²) in [6, 6.07) is 2.95. The lowest BCUT2D eigenvalue weighted by Gasteiger charge is -2.34. The Morgan fingerprint density at radius 1 is 1.40 bits per heavy atom. The van der Waals surface area contributed by atoms with Crippen LogP contribution < -0.4 is 14.9 Å². The number of carboxylic acid groups (broad SMARTS) is 1. The van der Waals surface area contributed by atoms with Gasteiger partial charge in [0, 0.05) is 35.1 Å². The number of carboxylic acids is 1. The molecule has 0 spiro atoms. The van der Waals surface area contributed by atoms with Crippen LogP contribution in [0.5, 0.6) is 0 Å². The topological polar surface area (TPSA) is 107 Å². The maximum Gasteiger partial charge on any atom is 0.326 e. The maximum absolute atomic E-state index is 13.3. The van der Waals surface area contributed by atoms with Crippen LogP contribution in [0.4, 0.5) is 5.82 Å².